The van der Waals surface area contributed by atoms with Crippen molar-refractivity contribution in [2.75, 3.05) is 17.5 Å². The molecule has 0 saturated heterocycles. The van der Waals surface area contributed by atoms with E-state index in [9.17, 15) is 26.4 Å². The number of hydrogen-bond acceptors (Lipinski definition) is 5. The second-order valence-electron chi connectivity index (χ2n) is 8.44. The number of nitrogens with one attached hydrogen (secondary N) is 1. The molecule has 202 valence electrons. The number of hydrogen-bond donors (Lipinski definition) is 1. The van der Waals surface area contributed by atoms with Crippen LogP contribution >= 0.6 is 0 Å². The van der Waals surface area contributed by atoms with Crippen molar-refractivity contribution >= 4 is 27.8 Å². The van der Waals surface area contributed by atoms with Gasteiger partial charge in [0.15, 0.2) is 0 Å². The summed E-state index contributed by atoms with van der Waals surface area (Å²) in [6, 6.07) is 16.5. The molecule has 0 saturated carbocycles. The van der Waals surface area contributed by atoms with E-state index in [1.165, 1.54) is 24.4 Å². The van der Waals surface area contributed by atoms with Gasteiger partial charge in [-0.15, -0.1) is 0 Å². The van der Waals surface area contributed by atoms with Crippen molar-refractivity contribution in [3.05, 3.63) is 89.5 Å². The van der Waals surface area contributed by atoms with Crippen molar-refractivity contribution in [1.82, 2.24) is 5.43 Å². The van der Waals surface area contributed by atoms with Crippen molar-refractivity contribution in [3.8, 4) is 5.75 Å². The van der Waals surface area contributed by atoms with E-state index < -0.39 is 34.2 Å². The maximum atomic E-state index is 13.4. The number of hydrazone groups is 1. The van der Waals surface area contributed by atoms with Crippen LogP contribution in [0.2, 0.25) is 0 Å². The van der Waals surface area contributed by atoms with Crippen LogP contribution in [0.1, 0.15) is 36.5 Å². The first-order valence-electron chi connectivity index (χ1n) is 11.8. The van der Waals surface area contributed by atoms with E-state index in [1.807, 2.05) is 0 Å². The number of rotatable bonds is 11. The summed E-state index contributed by atoms with van der Waals surface area (Å²) < 4.78 is 72.9. The Morgan fingerprint density at radius 1 is 1.05 bits per heavy atom. The summed E-state index contributed by atoms with van der Waals surface area (Å²) in [5, 5.41) is 3.85. The average molecular weight is 548 g/mol. The predicted octanol–water partition coefficient (Wildman–Crippen LogP) is 5.54. The number of anilines is 1. The molecule has 11 heteroatoms. The molecule has 3 aromatic carbocycles. The number of sulfonamides is 1. The zero-order valence-electron chi connectivity index (χ0n) is 20.9. The van der Waals surface area contributed by atoms with Crippen LogP contribution in [0.4, 0.5) is 18.9 Å². The molecule has 7 nitrogen and oxygen atoms in total. The molecule has 0 bridgehead atoms. The van der Waals surface area contributed by atoms with E-state index in [1.54, 1.807) is 43.3 Å². The van der Waals surface area contributed by atoms with Gasteiger partial charge in [0.2, 0.25) is 0 Å². The predicted molar refractivity (Wildman–Crippen MR) is 140 cm³/mol. The third-order valence-electron chi connectivity index (χ3n) is 5.41. The number of amides is 1. The minimum Gasteiger partial charge on any atom is -0.494 e. The van der Waals surface area contributed by atoms with E-state index >= 15 is 0 Å². The highest BCUT2D eigenvalue weighted by Crippen LogP contribution is 2.33. The Morgan fingerprint density at radius 2 is 1.74 bits per heavy atom. The Balaban J connectivity index is 1.79. The van der Waals surface area contributed by atoms with E-state index in [0.29, 0.717) is 28.3 Å². The molecular formula is C27H28F3N3O4S. The molecule has 1 N–H and O–H groups in total. The lowest BCUT2D eigenvalue weighted by molar-refractivity contribution is -0.137. The van der Waals surface area contributed by atoms with Crippen LogP contribution in [0, 0.1) is 6.92 Å². The van der Waals surface area contributed by atoms with Crippen LogP contribution < -0.4 is 14.5 Å². The number of alkyl halides is 3. The number of aryl methyl sites for hydroxylation is 1. The zero-order valence-corrected chi connectivity index (χ0v) is 21.7. The summed E-state index contributed by atoms with van der Waals surface area (Å²) in [4.78, 5) is 12.5. The van der Waals surface area contributed by atoms with Gasteiger partial charge in [-0.25, -0.2) is 13.8 Å². The molecule has 0 atom stereocenters. The second-order valence-corrected chi connectivity index (χ2v) is 10.3. The van der Waals surface area contributed by atoms with Gasteiger partial charge in [0.1, 0.15) is 12.3 Å². The summed E-state index contributed by atoms with van der Waals surface area (Å²) in [5.74, 6) is -0.147. The highest BCUT2D eigenvalue weighted by Gasteiger charge is 2.33. The standard InChI is InChI=1S/C27H28F3N3O4S/c1-3-4-16-37-24-12-10-21(11-13-24)18-31-32-26(34)19-33(23-7-5-6-22(17-23)27(28,29)30)38(35,36)25-14-8-20(2)9-15-25/h5-15,17-18H,3-4,16,19H2,1-2H3,(H,32,34)/b31-18-. The van der Waals surface area contributed by atoms with Crippen LogP contribution in [0.3, 0.4) is 0 Å². The van der Waals surface area contributed by atoms with Crippen LogP contribution in [0.15, 0.2) is 82.8 Å². The molecule has 0 spiro atoms. The topological polar surface area (TPSA) is 88.1 Å². The third-order valence-corrected chi connectivity index (χ3v) is 7.20. The Labute approximate surface area is 220 Å². The molecule has 0 heterocycles. The summed E-state index contributed by atoms with van der Waals surface area (Å²) in [6.07, 6.45) is -1.39. The second kappa shape index (κ2) is 12.6. The third kappa shape index (κ3) is 7.82. The number of ether oxygens (including phenoxy) is 1. The van der Waals surface area contributed by atoms with Crippen molar-refractivity contribution < 1.29 is 31.1 Å². The Bertz CT molecular complexity index is 1360. The van der Waals surface area contributed by atoms with Gasteiger partial charge < -0.3 is 4.74 Å². The molecule has 38 heavy (non-hydrogen) atoms. The van der Waals surface area contributed by atoms with E-state index in [-0.39, 0.29) is 10.6 Å². The smallest absolute Gasteiger partial charge is 0.416 e. The lowest BCUT2D eigenvalue weighted by atomic mass is 10.2. The van der Waals surface area contributed by atoms with Gasteiger partial charge in [-0.3, -0.25) is 9.10 Å². The number of halogens is 3. The van der Waals surface area contributed by atoms with Crippen molar-refractivity contribution in [1.29, 1.82) is 0 Å². The Hall–Kier alpha value is -3.86. The highest BCUT2D eigenvalue weighted by molar-refractivity contribution is 7.92. The molecule has 0 aliphatic heterocycles. The summed E-state index contributed by atoms with van der Waals surface area (Å²) in [6.45, 7) is 3.64. The highest BCUT2D eigenvalue weighted by atomic mass is 32.2. The van der Waals surface area contributed by atoms with Crippen LogP contribution in [0.5, 0.6) is 5.75 Å². The normalized spacial score (nSPS) is 11.9. The molecule has 0 aliphatic rings. The lowest BCUT2D eigenvalue weighted by Gasteiger charge is -2.24. The number of benzene rings is 3. The minimum absolute atomic E-state index is 0.168. The quantitative estimate of drug-likeness (QED) is 0.194. The first kappa shape index (κ1) is 28.7. The first-order valence-corrected chi connectivity index (χ1v) is 13.3. The van der Waals surface area contributed by atoms with Gasteiger partial charge in [-0.2, -0.15) is 18.3 Å². The van der Waals surface area contributed by atoms with E-state index in [0.717, 1.165) is 30.5 Å². The molecule has 0 aromatic heterocycles. The lowest BCUT2D eigenvalue weighted by Crippen LogP contribution is -2.39. The molecule has 0 unspecified atom stereocenters. The number of carbonyl (C=O) groups is 1. The van der Waals surface area contributed by atoms with Gasteiger partial charge in [0.25, 0.3) is 15.9 Å². The summed E-state index contributed by atoms with van der Waals surface area (Å²) in [5.41, 5.74) is 2.33. The minimum atomic E-state index is -4.70. The van der Waals surface area contributed by atoms with Gasteiger partial charge in [0.05, 0.1) is 29.0 Å². The molecule has 3 rings (SSSR count). The fraction of sp³-hybridized carbons (Fsp3) is 0.259. The van der Waals surface area contributed by atoms with Crippen molar-refractivity contribution in [3.63, 3.8) is 0 Å². The maximum absolute atomic E-state index is 13.4. The SMILES string of the molecule is CCCCOc1ccc(/C=N\NC(=O)CN(c2cccc(C(F)(F)F)c2)S(=O)(=O)c2ccc(C)cc2)cc1. The van der Waals surface area contributed by atoms with Crippen molar-refractivity contribution in [2.24, 2.45) is 5.10 Å². The molecule has 0 fully saturated rings. The average Bonchev–Trinajstić information content (AvgIpc) is 2.88. The Kier molecular flexibility index (Phi) is 9.51. The Morgan fingerprint density at radius 3 is 2.37 bits per heavy atom. The largest absolute Gasteiger partial charge is 0.494 e. The number of nitrogens with zero attached hydrogens (tertiary/aromatic N) is 2. The number of carbonyl (C=O) groups excluding carboxylic acids is 1. The fourth-order valence-corrected chi connectivity index (χ4v) is 4.73. The van der Waals surface area contributed by atoms with E-state index in [4.69, 9.17) is 4.74 Å². The molecular weight excluding hydrogens is 519 g/mol. The molecule has 0 aliphatic carbocycles. The first-order chi connectivity index (χ1) is 18.0. The van der Waals surface area contributed by atoms with E-state index in [2.05, 4.69) is 17.5 Å². The van der Waals surface area contributed by atoms with Gasteiger partial charge >= 0.3 is 6.18 Å². The fourth-order valence-electron chi connectivity index (χ4n) is 3.32. The molecule has 3 aromatic rings. The van der Waals surface area contributed by atoms with Crippen LogP contribution in [-0.4, -0.2) is 33.7 Å². The monoisotopic (exact) mass is 547 g/mol. The maximum Gasteiger partial charge on any atom is 0.416 e. The van der Waals surface area contributed by atoms with Gasteiger partial charge in [0, 0.05) is 0 Å². The molecule has 1 amide bonds. The van der Waals surface area contributed by atoms with Crippen LogP contribution in [-0.2, 0) is 21.0 Å². The van der Waals surface area contributed by atoms with Crippen molar-refractivity contribution in [2.45, 2.75) is 37.8 Å². The summed E-state index contributed by atoms with van der Waals surface area (Å²) in [7, 11) is -4.38. The van der Waals surface area contributed by atoms with Crippen LogP contribution in [0.25, 0.3) is 0 Å². The van der Waals surface area contributed by atoms with Gasteiger partial charge in [-0.1, -0.05) is 37.1 Å². The summed E-state index contributed by atoms with van der Waals surface area (Å²) >= 11 is 0. The molecule has 0 radical (unpaired) electrons. The van der Waals surface area contributed by atoms with Gasteiger partial charge in [-0.05, 0) is 73.5 Å². The zero-order chi connectivity index (χ0) is 27.8. The number of unbranched alkanes of at least 4 members (excludes halogenated alkanes) is 1.